The number of methoxy groups -OCH3 is 1. The van der Waals surface area contributed by atoms with E-state index < -0.39 is 0 Å². The maximum atomic E-state index is 6.06. The van der Waals surface area contributed by atoms with E-state index in [1.807, 2.05) is 18.2 Å². The highest BCUT2D eigenvalue weighted by atomic mass is 16.5. The van der Waals surface area contributed by atoms with Crippen LogP contribution in [0.1, 0.15) is 42.4 Å². The minimum atomic E-state index is 0.242. The normalized spacial score (nSPS) is 12.0. The van der Waals surface area contributed by atoms with Gasteiger partial charge in [0, 0.05) is 5.92 Å². The van der Waals surface area contributed by atoms with E-state index in [9.17, 15) is 0 Å². The highest BCUT2D eigenvalue weighted by Crippen LogP contribution is 2.30. The lowest BCUT2D eigenvalue weighted by molar-refractivity contribution is 0.309. The van der Waals surface area contributed by atoms with Gasteiger partial charge < -0.3 is 15.2 Å². The molecule has 0 saturated heterocycles. The Morgan fingerprint density at radius 3 is 2.46 bits per heavy atom. The number of hydrogen-bond donors (Lipinski definition) is 1. The van der Waals surface area contributed by atoms with Crippen LogP contribution in [0.3, 0.4) is 0 Å². The highest BCUT2D eigenvalue weighted by Gasteiger charge is 2.16. The third kappa shape index (κ3) is 5.00. The molecule has 0 bridgehead atoms. The molecule has 2 aromatic carbocycles. The molecule has 0 radical (unpaired) electrons. The summed E-state index contributed by atoms with van der Waals surface area (Å²) < 4.78 is 11.2. The van der Waals surface area contributed by atoms with Gasteiger partial charge in [0.1, 0.15) is 11.5 Å². The zero-order chi connectivity index (χ0) is 17.4. The summed E-state index contributed by atoms with van der Waals surface area (Å²) >= 11 is 0. The van der Waals surface area contributed by atoms with Gasteiger partial charge in [0.05, 0.1) is 13.7 Å². The Labute approximate surface area is 145 Å². The summed E-state index contributed by atoms with van der Waals surface area (Å²) in [6.07, 6.45) is 3.13. The molecule has 0 fully saturated rings. The first kappa shape index (κ1) is 18.3. The number of hydrogen-bond acceptors (Lipinski definition) is 3. The predicted octanol–water partition coefficient (Wildman–Crippen LogP) is 4.47. The second-order valence-corrected chi connectivity index (χ2v) is 6.23. The summed E-state index contributed by atoms with van der Waals surface area (Å²) in [4.78, 5) is 0. The van der Waals surface area contributed by atoms with Crippen molar-refractivity contribution in [2.24, 2.45) is 5.73 Å². The van der Waals surface area contributed by atoms with E-state index in [-0.39, 0.29) is 5.92 Å². The fourth-order valence-electron chi connectivity index (χ4n) is 2.83. The molecule has 0 amide bonds. The zero-order valence-corrected chi connectivity index (χ0v) is 15.0. The number of nitrogens with two attached hydrogens (primary N) is 1. The second kappa shape index (κ2) is 9.33. The molecule has 2 aromatic rings. The van der Waals surface area contributed by atoms with Crippen LogP contribution in [0.4, 0.5) is 0 Å². The van der Waals surface area contributed by atoms with Crippen molar-refractivity contribution in [2.45, 2.75) is 39.0 Å². The smallest absolute Gasteiger partial charge is 0.122 e. The minimum Gasteiger partial charge on any atom is -0.496 e. The van der Waals surface area contributed by atoms with Gasteiger partial charge in [-0.2, -0.15) is 0 Å². The Hall–Kier alpha value is -2.00. The van der Waals surface area contributed by atoms with Crippen LogP contribution < -0.4 is 15.2 Å². The lowest BCUT2D eigenvalue weighted by Gasteiger charge is -2.19. The molecule has 0 aliphatic heterocycles. The third-order valence-corrected chi connectivity index (χ3v) is 4.28. The van der Waals surface area contributed by atoms with Crippen molar-refractivity contribution >= 4 is 0 Å². The monoisotopic (exact) mass is 327 g/mol. The molecule has 3 heteroatoms. The Morgan fingerprint density at radius 2 is 1.83 bits per heavy atom. The molecular weight excluding hydrogens is 298 g/mol. The fourth-order valence-corrected chi connectivity index (χ4v) is 2.83. The summed E-state index contributed by atoms with van der Waals surface area (Å²) in [5.41, 5.74) is 9.73. The van der Waals surface area contributed by atoms with Crippen molar-refractivity contribution in [3.8, 4) is 11.5 Å². The van der Waals surface area contributed by atoms with Gasteiger partial charge in [-0.3, -0.25) is 0 Å². The van der Waals surface area contributed by atoms with Crippen molar-refractivity contribution in [3.05, 3.63) is 59.2 Å². The van der Waals surface area contributed by atoms with Crippen molar-refractivity contribution < 1.29 is 9.47 Å². The van der Waals surface area contributed by atoms with Crippen molar-refractivity contribution in [2.75, 3.05) is 20.3 Å². The molecule has 0 aromatic heterocycles. The molecule has 0 aliphatic carbocycles. The maximum Gasteiger partial charge on any atom is 0.122 e. The van der Waals surface area contributed by atoms with Gasteiger partial charge in [0.15, 0.2) is 0 Å². The lowest BCUT2D eigenvalue weighted by atomic mass is 9.90. The van der Waals surface area contributed by atoms with Crippen LogP contribution in [-0.2, 0) is 6.42 Å². The average Bonchev–Trinajstić information content (AvgIpc) is 2.61. The van der Waals surface area contributed by atoms with E-state index in [2.05, 4.69) is 38.1 Å². The average molecular weight is 327 g/mol. The minimum absolute atomic E-state index is 0.242. The first-order valence-electron chi connectivity index (χ1n) is 8.74. The summed E-state index contributed by atoms with van der Waals surface area (Å²) in [5, 5.41) is 0. The molecular formula is C21H29NO2. The number of unbranched alkanes of at least 4 members (excludes halogenated alkanes) is 1. The Kier molecular flexibility index (Phi) is 7.13. The van der Waals surface area contributed by atoms with Crippen molar-refractivity contribution in [1.82, 2.24) is 0 Å². The molecule has 2 rings (SSSR count). The summed E-state index contributed by atoms with van der Waals surface area (Å²) in [6, 6.07) is 14.6. The Morgan fingerprint density at radius 1 is 1.08 bits per heavy atom. The molecule has 3 nitrogen and oxygen atoms in total. The summed E-state index contributed by atoms with van der Waals surface area (Å²) in [5.74, 6) is 2.09. The van der Waals surface area contributed by atoms with E-state index in [4.69, 9.17) is 15.2 Å². The number of aryl methyl sites for hydroxylation is 1. The van der Waals surface area contributed by atoms with Gasteiger partial charge in [0.25, 0.3) is 0 Å². The van der Waals surface area contributed by atoms with E-state index in [0.717, 1.165) is 37.4 Å². The van der Waals surface area contributed by atoms with Crippen LogP contribution in [0.5, 0.6) is 11.5 Å². The molecule has 130 valence electrons. The van der Waals surface area contributed by atoms with Crippen LogP contribution in [0, 0.1) is 6.92 Å². The van der Waals surface area contributed by atoms with E-state index in [1.54, 1.807) is 7.11 Å². The topological polar surface area (TPSA) is 44.5 Å². The molecule has 0 heterocycles. The maximum absolute atomic E-state index is 6.06. The zero-order valence-electron chi connectivity index (χ0n) is 15.0. The number of benzene rings is 2. The van der Waals surface area contributed by atoms with Crippen LogP contribution in [0.2, 0.25) is 0 Å². The molecule has 1 atom stereocenters. The van der Waals surface area contributed by atoms with Gasteiger partial charge in [-0.15, -0.1) is 0 Å². The summed E-state index contributed by atoms with van der Waals surface area (Å²) in [7, 11) is 1.71. The standard InChI is InChI=1S/C21H29NO2/c1-4-5-12-24-19-9-7-17(8-10-19)14-18(15-22)20-13-16(2)6-11-21(20)23-3/h6-11,13,18H,4-5,12,14-15,22H2,1-3H3. The second-order valence-electron chi connectivity index (χ2n) is 6.23. The number of ether oxygens (including phenoxy) is 2. The fraction of sp³-hybridized carbons (Fsp3) is 0.429. The number of rotatable bonds is 9. The van der Waals surface area contributed by atoms with E-state index in [1.165, 1.54) is 16.7 Å². The molecule has 2 N–H and O–H groups in total. The predicted molar refractivity (Wildman–Crippen MR) is 100 cm³/mol. The van der Waals surface area contributed by atoms with Crippen LogP contribution >= 0.6 is 0 Å². The SMILES string of the molecule is CCCCOc1ccc(CC(CN)c2cc(C)ccc2OC)cc1. The molecule has 0 saturated carbocycles. The van der Waals surface area contributed by atoms with Gasteiger partial charge in [-0.25, -0.2) is 0 Å². The van der Waals surface area contributed by atoms with Gasteiger partial charge in [0.2, 0.25) is 0 Å². The van der Waals surface area contributed by atoms with Crippen molar-refractivity contribution in [3.63, 3.8) is 0 Å². The van der Waals surface area contributed by atoms with Gasteiger partial charge >= 0.3 is 0 Å². The molecule has 0 aliphatic rings. The Bertz CT molecular complexity index is 622. The first-order chi connectivity index (χ1) is 11.7. The van der Waals surface area contributed by atoms with Crippen LogP contribution in [0.25, 0.3) is 0 Å². The van der Waals surface area contributed by atoms with E-state index in [0.29, 0.717) is 6.54 Å². The largest absolute Gasteiger partial charge is 0.496 e. The van der Waals surface area contributed by atoms with Crippen LogP contribution in [-0.4, -0.2) is 20.3 Å². The molecule has 24 heavy (non-hydrogen) atoms. The quantitative estimate of drug-likeness (QED) is 0.691. The molecule has 0 spiro atoms. The summed E-state index contributed by atoms with van der Waals surface area (Å²) in [6.45, 7) is 5.63. The van der Waals surface area contributed by atoms with Gasteiger partial charge in [-0.1, -0.05) is 43.2 Å². The van der Waals surface area contributed by atoms with Crippen LogP contribution in [0.15, 0.2) is 42.5 Å². The first-order valence-corrected chi connectivity index (χ1v) is 8.74. The van der Waals surface area contributed by atoms with E-state index >= 15 is 0 Å². The van der Waals surface area contributed by atoms with Crippen molar-refractivity contribution in [1.29, 1.82) is 0 Å². The third-order valence-electron chi connectivity index (χ3n) is 4.28. The molecule has 1 unspecified atom stereocenters. The van der Waals surface area contributed by atoms with Gasteiger partial charge in [-0.05, 0) is 55.6 Å². The lowest BCUT2D eigenvalue weighted by Crippen LogP contribution is -2.16. The highest BCUT2D eigenvalue weighted by molar-refractivity contribution is 5.41. The Balaban J connectivity index is 2.09.